The molecule has 1 aliphatic rings. The molecule has 0 saturated heterocycles. The van der Waals surface area contributed by atoms with Crippen LogP contribution in [0.5, 0.6) is 0 Å². The number of amides is 1. The maximum absolute atomic E-state index is 12.9. The van der Waals surface area contributed by atoms with Crippen molar-refractivity contribution in [1.82, 2.24) is 14.5 Å². The summed E-state index contributed by atoms with van der Waals surface area (Å²) in [4.78, 5) is 19.5. The number of nitrogens with zero attached hydrogens (tertiary/aromatic N) is 3. The molecule has 0 atom stereocenters. The summed E-state index contributed by atoms with van der Waals surface area (Å²) < 4.78 is 2.12. The zero-order valence-electron chi connectivity index (χ0n) is 16.7. The van der Waals surface area contributed by atoms with Gasteiger partial charge in [-0.3, -0.25) is 4.79 Å². The van der Waals surface area contributed by atoms with Crippen LogP contribution in [0.15, 0.2) is 54.9 Å². The van der Waals surface area contributed by atoms with Crippen LogP contribution in [-0.2, 0) is 11.3 Å². The van der Waals surface area contributed by atoms with Gasteiger partial charge in [-0.15, -0.1) is 0 Å². The lowest BCUT2D eigenvalue weighted by atomic mass is 9.94. The predicted octanol–water partition coefficient (Wildman–Crippen LogP) is 5.27. The van der Waals surface area contributed by atoms with Crippen LogP contribution in [0.4, 0.5) is 0 Å². The average molecular weight is 376 g/mol. The van der Waals surface area contributed by atoms with Crippen LogP contribution in [0.2, 0.25) is 0 Å². The van der Waals surface area contributed by atoms with Gasteiger partial charge >= 0.3 is 0 Å². The van der Waals surface area contributed by atoms with Crippen LogP contribution in [0.25, 0.3) is 22.2 Å². The molecule has 4 heteroatoms. The SMILES string of the molecule is CCN(C(=O)CCn1cnc2ccc(-c3ccccc3)cc21)C1CCCCC1. The summed E-state index contributed by atoms with van der Waals surface area (Å²) >= 11 is 0. The Morgan fingerprint density at radius 1 is 1.07 bits per heavy atom. The van der Waals surface area contributed by atoms with E-state index in [0.717, 1.165) is 30.4 Å². The van der Waals surface area contributed by atoms with Gasteiger partial charge < -0.3 is 9.47 Å². The van der Waals surface area contributed by atoms with Crippen molar-refractivity contribution in [2.24, 2.45) is 0 Å². The highest BCUT2D eigenvalue weighted by atomic mass is 16.2. The molecular weight excluding hydrogens is 346 g/mol. The number of carbonyl (C=O) groups excluding carboxylic acids is 1. The van der Waals surface area contributed by atoms with Crippen LogP contribution in [-0.4, -0.2) is 32.9 Å². The summed E-state index contributed by atoms with van der Waals surface area (Å²) in [5.41, 5.74) is 4.45. The first-order valence-electron chi connectivity index (χ1n) is 10.6. The van der Waals surface area contributed by atoms with Crippen LogP contribution >= 0.6 is 0 Å². The topological polar surface area (TPSA) is 38.1 Å². The smallest absolute Gasteiger partial charge is 0.224 e. The van der Waals surface area contributed by atoms with Gasteiger partial charge in [-0.25, -0.2) is 4.98 Å². The van der Waals surface area contributed by atoms with Gasteiger partial charge in [-0.05, 0) is 43.0 Å². The van der Waals surface area contributed by atoms with Gasteiger partial charge in [0.1, 0.15) is 0 Å². The lowest BCUT2D eigenvalue weighted by Crippen LogP contribution is -2.41. The molecule has 1 aliphatic carbocycles. The summed E-state index contributed by atoms with van der Waals surface area (Å²) in [6, 6.07) is 17.2. The Balaban J connectivity index is 1.49. The first kappa shape index (κ1) is 18.7. The second-order valence-corrected chi connectivity index (χ2v) is 7.73. The second-order valence-electron chi connectivity index (χ2n) is 7.73. The third kappa shape index (κ3) is 3.96. The van der Waals surface area contributed by atoms with Crippen molar-refractivity contribution in [1.29, 1.82) is 0 Å². The minimum absolute atomic E-state index is 0.274. The molecule has 0 unspecified atom stereocenters. The van der Waals surface area contributed by atoms with E-state index in [4.69, 9.17) is 0 Å². The van der Waals surface area contributed by atoms with Crippen molar-refractivity contribution < 1.29 is 4.79 Å². The maximum Gasteiger partial charge on any atom is 0.224 e. The highest BCUT2D eigenvalue weighted by Crippen LogP contribution is 2.25. The molecule has 0 bridgehead atoms. The van der Waals surface area contributed by atoms with Crippen LogP contribution in [0, 0.1) is 0 Å². The van der Waals surface area contributed by atoms with E-state index in [-0.39, 0.29) is 5.91 Å². The fourth-order valence-electron chi connectivity index (χ4n) is 4.44. The molecule has 2 aromatic carbocycles. The fraction of sp³-hybridized carbons (Fsp3) is 0.417. The number of hydrogen-bond donors (Lipinski definition) is 0. The molecule has 0 aliphatic heterocycles. The van der Waals surface area contributed by atoms with Gasteiger partial charge in [0.2, 0.25) is 5.91 Å². The van der Waals surface area contributed by atoms with E-state index in [1.54, 1.807) is 0 Å². The summed E-state index contributed by atoms with van der Waals surface area (Å²) in [6.07, 6.45) is 8.54. The van der Waals surface area contributed by atoms with E-state index < -0.39 is 0 Å². The molecule has 1 heterocycles. The van der Waals surface area contributed by atoms with Gasteiger partial charge in [-0.1, -0.05) is 55.7 Å². The highest BCUT2D eigenvalue weighted by molar-refractivity contribution is 5.82. The lowest BCUT2D eigenvalue weighted by Gasteiger charge is -2.33. The van der Waals surface area contributed by atoms with Crippen molar-refractivity contribution in [2.45, 2.75) is 58.0 Å². The highest BCUT2D eigenvalue weighted by Gasteiger charge is 2.23. The van der Waals surface area contributed by atoms with Crippen molar-refractivity contribution in [2.75, 3.05) is 6.54 Å². The number of imidazole rings is 1. The van der Waals surface area contributed by atoms with Crippen molar-refractivity contribution in [3.05, 3.63) is 54.9 Å². The molecule has 1 fully saturated rings. The monoisotopic (exact) mass is 375 g/mol. The normalized spacial score (nSPS) is 15.0. The van der Waals surface area contributed by atoms with Crippen molar-refractivity contribution in [3.63, 3.8) is 0 Å². The second kappa shape index (κ2) is 8.59. The molecule has 4 rings (SSSR count). The first-order chi connectivity index (χ1) is 13.8. The number of aryl methyl sites for hydroxylation is 1. The van der Waals surface area contributed by atoms with Crippen molar-refractivity contribution >= 4 is 16.9 Å². The number of fused-ring (bicyclic) bond motifs is 1. The Labute approximate surface area is 167 Å². The molecule has 146 valence electrons. The largest absolute Gasteiger partial charge is 0.340 e. The van der Waals surface area contributed by atoms with E-state index >= 15 is 0 Å². The molecule has 1 aromatic heterocycles. The minimum atomic E-state index is 0.274. The van der Waals surface area contributed by atoms with Crippen LogP contribution < -0.4 is 0 Å². The molecule has 1 saturated carbocycles. The maximum atomic E-state index is 12.9. The number of rotatable bonds is 6. The third-order valence-electron chi connectivity index (χ3n) is 5.97. The summed E-state index contributed by atoms with van der Waals surface area (Å²) in [5, 5.41) is 0. The number of benzene rings is 2. The van der Waals surface area contributed by atoms with E-state index in [2.05, 4.69) is 63.8 Å². The fourth-order valence-corrected chi connectivity index (χ4v) is 4.44. The Morgan fingerprint density at radius 3 is 2.61 bits per heavy atom. The standard InChI is InChI=1S/C24H29N3O/c1-2-27(21-11-7-4-8-12-21)24(28)15-16-26-18-25-22-14-13-20(17-23(22)26)19-9-5-3-6-10-19/h3,5-6,9-10,13-14,17-18,21H,2,4,7-8,11-12,15-16H2,1H3. The lowest BCUT2D eigenvalue weighted by molar-refractivity contribution is -0.134. The van der Waals surface area contributed by atoms with E-state index in [1.165, 1.54) is 30.4 Å². The molecule has 3 aromatic rings. The van der Waals surface area contributed by atoms with Gasteiger partial charge in [-0.2, -0.15) is 0 Å². The molecule has 0 N–H and O–H groups in total. The Morgan fingerprint density at radius 2 is 1.86 bits per heavy atom. The molecule has 1 amide bonds. The van der Waals surface area contributed by atoms with Gasteiger partial charge in [0.25, 0.3) is 0 Å². The first-order valence-corrected chi connectivity index (χ1v) is 10.6. The molecule has 4 nitrogen and oxygen atoms in total. The number of carbonyl (C=O) groups is 1. The van der Waals surface area contributed by atoms with Gasteiger partial charge in [0, 0.05) is 25.6 Å². The van der Waals surface area contributed by atoms with E-state index in [0.29, 0.717) is 19.0 Å². The minimum Gasteiger partial charge on any atom is -0.340 e. The van der Waals surface area contributed by atoms with E-state index in [9.17, 15) is 4.79 Å². The average Bonchev–Trinajstić information content (AvgIpc) is 3.16. The third-order valence-corrected chi connectivity index (χ3v) is 5.97. The summed E-state index contributed by atoms with van der Waals surface area (Å²) in [7, 11) is 0. The number of aromatic nitrogens is 2. The van der Waals surface area contributed by atoms with E-state index in [1.807, 2.05) is 12.4 Å². The molecular formula is C24H29N3O. The van der Waals surface area contributed by atoms with Crippen LogP contribution in [0.1, 0.15) is 45.4 Å². The number of hydrogen-bond acceptors (Lipinski definition) is 2. The molecule has 28 heavy (non-hydrogen) atoms. The zero-order valence-corrected chi connectivity index (χ0v) is 16.7. The van der Waals surface area contributed by atoms with Gasteiger partial charge in [0.05, 0.1) is 17.4 Å². The molecule has 0 spiro atoms. The predicted molar refractivity (Wildman–Crippen MR) is 114 cm³/mol. The van der Waals surface area contributed by atoms with Gasteiger partial charge in [0.15, 0.2) is 0 Å². The Hall–Kier alpha value is -2.62. The summed E-state index contributed by atoms with van der Waals surface area (Å²) in [6.45, 7) is 3.59. The summed E-state index contributed by atoms with van der Waals surface area (Å²) in [5.74, 6) is 0.274. The Kier molecular flexibility index (Phi) is 5.75. The van der Waals surface area contributed by atoms with Crippen LogP contribution in [0.3, 0.4) is 0 Å². The zero-order chi connectivity index (χ0) is 19.3. The molecule has 0 radical (unpaired) electrons. The Bertz CT molecular complexity index is 925. The quantitative estimate of drug-likeness (QED) is 0.588. The van der Waals surface area contributed by atoms with Crippen molar-refractivity contribution in [3.8, 4) is 11.1 Å².